The predicted molar refractivity (Wildman–Crippen MR) is 136 cm³/mol. The van der Waals surface area contributed by atoms with Crippen molar-refractivity contribution in [1.29, 1.82) is 0 Å². The summed E-state index contributed by atoms with van der Waals surface area (Å²) < 4.78 is 27.0. The number of carbonyl (C=O) groups excluding carboxylic acids is 1. The summed E-state index contributed by atoms with van der Waals surface area (Å²) >= 11 is 0. The van der Waals surface area contributed by atoms with E-state index in [9.17, 15) is 4.79 Å². The number of nitrogens with zero attached hydrogens (tertiary/aromatic N) is 3. The maximum Gasteiger partial charge on any atom is 0.339 e. The van der Waals surface area contributed by atoms with Gasteiger partial charge in [-0.1, -0.05) is 35.5 Å². The second-order valence-corrected chi connectivity index (χ2v) is 7.93. The lowest BCUT2D eigenvalue weighted by molar-refractivity contribution is 0.0432. The molecule has 0 radical (unpaired) electrons. The van der Waals surface area contributed by atoms with Gasteiger partial charge in [0, 0.05) is 10.9 Å². The third-order valence-corrected chi connectivity index (χ3v) is 5.76. The third-order valence-electron chi connectivity index (χ3n) is 5.76. The van der Waals surface area contributed by atoms with E-state index in [1.165, 1.54) is 0 Å². The SMILES string of the molecule is COc1ccc(-c2cc(C(=O)OCc3nc(-c4ccccc4OC)no3)c3ccccc3n2)cc1OC. The number of hydrogen-bond acceptors (Lipinski definition) is 9. The topological polar surface area (TPSA) is 106 Å². The Kier molecular flexibility index (Phi) is 6.67. The number of carbonyl (C=O) groups is 1. The zero-order valence-electron chi connectivity index (χ0n) is 20.4. The zero-order valence-corrected chi connectivity index (χ0v) is 20.4. The number of ether oxygens (including phenoxy) is 4. The summed E-state index contributed by atoms with van der Waals surface area (Å²) in [6, 6.07) is 21.8. The molecule has 0 aliphatic heterocycles. The molecule has 3 aromatic carbocycles. The van der Waals surface area contributed by atoms with E-state index in [4.69, 9.17) is 28.5 Å². The molecular weight excluding hydrogens is 474 g/mol. The van der Waals surface area contributed by atoms with Crippen molar-refractivity contribution in [2.24, 2.45) is 0 Å². The number of benzene rings is 3. The fourth-order valence-corrected chi connectivity index (χ4v) is 3.95. The van der Waals surface area contributed by atoms with Crippen molar-refractivity contribution >= 4 is 16.9 Å². The number of methoxy groups -OCH3 is 3. The quantitative estimate of drug-likeness (QED) is 0.263. The molecule has 5 aromatic rings. The lowest BCUT2D eigenvalue weighted by atomic mass is 10.0. The van der Waals surface area contributed by atoms with Gasteiger partial charge in [0.15, 0.2) is 18.1 Å². The van der Waals surface area contributed by atoms with Gasteiger partial charge in [0.1, 0.15) is 5.75 Å². The normalized spacial score (nSPS) is 10.8. The molecule has 0 unspecified atom stereocenters. The Morgan fingerprint density at radius 1 is 0.811 bits per heavy atom. The van der Waals surface area contributed by atoms with E-state index in [0.29, 0.717) is 50.8 Å². The Morgan fingerprint density at radius 3 is 2.38 bits per heavy atom. The first-order chi connectivity index (χ1) is 18.1. The minimum atomic E-state index is -0.544. The molecule has 0 bridgehead atoms. The summed E-state index contributed by atoms with van der Waals surface area (Å²) in [7, 11) is 4.70. The molecule has 2 aromatic heterocycles. The van der Waals surface area contributed by atoms with E-state index in [1.54, 1.807) is 39.5 Å². The Morgan fingerprint density at radius 2 is 1.57 bits per heavy atom. The molecule has 0 atom stereocenters. The van der Waals surface area contributed by atoms with Crippen molar-refractivity contribution in [3.05, 3.63) is 84.3 Å². The molecule has 0 amide bonds. The van der Waals surface area contributed by atoms with Crippen LogP contribution in [0.4, 0.5) is 0 Å². The van der Waals surface area contributed by atoms with Crippen LogP contribution in [0.25, 0.3) is 33.5 Å². The van der Waals surface area contributed by atoms with Crippen LogP contribution in [0.1, 0.15) is 16.2 Å². The van der Waals surface area contributed by atoms with E-state index in [0.717, 1.165) is 5.56 Å². The van der Waals surface area contributed by atoms with Crippen LogP contribution in [0.5, 0.6) is 17.2 Å². The van der Waals surface area contributed by atoms with Gasteiger partial charge in [0.2, 0.25) is 5.82 Å². The molecule has 37 heavy (non-hydrogen) atoms. The summed E-state index contributed by atoms with van der Waals surface area (Å²) in [4.78, 5) is 22.3. The van der Waals surface area contributed by atoms with Gasteiger partial charge in [0.25, 0.3) is 5.89 Å². The van der Waals surface area contributed by atoms with Crippen molar-refractivity contribution in [2.75, 3.05) is 21.3 Å². The first-order valence-corrected chi connectivity index (χ1v) is 11.4. The standard InChI is InChI=1S/C28H23N3O6/c1-33-23-11-7-5-9-19(23)27-30-26(37-31-27)16-36-28(32)20-15-22(29-21-10-6-4-8-18(20)21)17-12-13-24(34-2)25(14-17)35-3/h4-15H,16H2,1-3H3. The lowest BCUT2D eigenvalue weighted by Gasteiger charge is -2.12. The van der Waals surface area contributed by atoms with E-state index < -0.39 is 5.97 Å². The molecule has 0 aliphatic carbocycles. The molecule has 9 heteroatoms. The predicted octanol–water partition coefficient (Wildman–Crippen LogP) is 5.33. The van der Waals surface area contributed by atoms with Crippen molar-refractivity contribution in [3.8, 4) is 39.9 Å². The van der Waals surface area contributed by atoms with Crippen LogP contribution >= 0.6 is 0 Å². The van der Waals surface area contributed by atoms with E-state index in [-0.39, 0.29) is 12.5 Å². The first kappa shape index (κ1) is 23.8. The molecule has 0 spiro atoms. The molecule has 186 valence electrons. The summed E-state index contributed by atoms with van der Waals surface area (Å²) in [6.07, 6.45) is 0. The minimum Gasteiger partial charge on any atom is -0.496 e. The summed E-state index contributed by atoms with van der Waals surface area (Å²) in [5, 5.41) is 4.65. The van der Waals surface area contributed by atoms with Gasteiger partial charge in [-0.3, -0.25) is 0 Å². The molecule has 0 saturated heterocycles. The first-order valence-electron chi connectivity index (χ1n) is 11.4. The van der Waals surface area contributed by atoms with Gasteiger partial charge >= 0.3 is 5.97 Å². The highest BCUT2D eigenvalue weighted by atomic mass is 16.6. The highest BCUT2D eigenvalue weighted by Gasteiger charge is 2.19. The number of pyridine rings is 1. The van der Waals surface area contributed by atoms with E-state index >= 15 is 0 Å². The molecule has 5 rings (SSSR count). The number of para-hydroxylation sites is 2. The summed E-state index contributed by atoms with van der Waals surface area (Å²) in [5.74, 6) is 1.72. The van der Waals surface area contributed by atoms with Gasteiger partial charge in [-0.05, 0) is 42.5 Å². The monoisotopic (exact) mass is 497 g/mol. The maximum atomic E-state index is 13.2. The minimum absolute atomic E-state index is 0.160. The average molecular weight is 498 g/mol. The van der Waals surface area contributed by atoms with Crippen LogP contribution in [-0.4, -0.2) is 42.4 Å². The number of hydrogen-bond donors (Lipinski definition) is 0. The molecule has 0 aliphatic rings. The second kappa shape index (κ2) is 10.4. The fraction of sp³-hybridized carbons (Fsp3) is 0.143. The summed E-state index contributed by atoms with van der Waals surface area (Å²) in [5.41, 5.74) is 3.03. The largest absolute Gasteiger partial charge is 0.496 e. The van der Waals surface area contributed by atoms with Crippen LogP contribution in [0, 0.1) is 0 Å². The lowest BCUT2D eigenvalue weighted by Crippen LogP contribution is -2.07. The smallest absolute Gasteiger partial charge is 0.339 e. The number of fused-ring (bicyclic) bond motifs is 1. The molecule has 0 fully saturated rings. The number of esters is 1. The molecular formula is C28H23N3O6. The molecule has 0 N–H and O–H groups in total. The van der Waals surface area contributed by atoms with Crippen LogP contribution in [-0.2, 0) is 11.3 Å². The van der Waals surface area contributed by atoms with Crippen LogP contribution < -0.4 is 14.2 Å². The Bertz CT molecular complexity index is 1580. The molecule has 9 nitrogen and oxygen atoms in total. The van der Waals surface area contributed by atoms with Crippen LogP contribution in [0.2, 0.25) is 0 Å². The van der Waals surface area contributed by atoms with Gasteiger partial charge in [-0.15, -0.1) is 0 Å². The number of rotatable bonds is 8. The number of aromatic nitrogens is 3. The summed E-state index contributed by atoms with van der Waals surface area (Å²) in [6.45, 7) is -0.191. The maximum absolute atomic E-state index is 13.2. The van der Waals surface area contributed by atoms with E-state index in [2.05, 4.69) is 10.1 Å². The van der Waals surface area contributed by atoms with Gasteiger partial charge in [-0.25, -0.2) is 9.78 Å². The van der Waals surface area contributed by atoms with Gasteiger partial charge in [-0.2, -0.15) is 4.98 Å². The fourth-order valence-electron chi connectivity index (χ4n) is 3.95. The zero-order chi connectivity index (χ0) is 25.8. The van der Waals surface area contributed by atoms with Crippen molar-refractivity contribution in [2.45, 2.75) is 6.61 Å². The Labute approximate surface area is 212 Å². The highest BCUT2D eigenvalue weighted by Crippen LogP contribution is 2.33. The Balaban J connectivity index is 1.43. The highest BCUT2D eigenvalue weighted by molar-refractivity contribution is 6.04. The Hall–Kier alpha value is -4.92. The van der Waals surface area contributed by atoms with Gasteiger partial charge < -0.3 is 23.5 Å². The van der Waals surface area contributed by atoms with Crippen LogP contribution in [0.15, 0.2) is 77.3 Å². The van der Waals surface area contributed by atoms with Crippen LogP contribution in [0.3, 0.4) is 0 Å². The van der Waals surface area contributed by atoms with E-state index in [1.807, 2.05) is 54.6 Å². The van der Waals surface area contributed by atoms with Gasteiger partial charge in [0.05, 0.1) is 43.7 Å². The van der Waals surface area contributed by atoms with Crippen molar-refractivity contribution in [1.82, 2.24) is 15.1 Å². The molecule has 0 saturated carbocycles. The average Bonchev–Trinajstić information content (AvgIpc) is 3.43. The second-order valence-electron chi connectivity index (χ2n) is 7.93. The molecule has 2 heterocycles. The third kappa shape index (κ3) is 4.79. The van der Waals surface area contributed by atoms with Crippen molar-refractivity contribution < 1.29 is 28.3 Å². The van der Waals surface area contributed by atoms with Crippen molar-refractivity contribution in [3.63, 3.8) is 0 Å².